The Morgan fingerprint density at radius 3 is 2.51 bits per heavy atom. The van der Waals surface area contributed by atoms with E-state index in [-0.39, 0.29) is 11.5 Å². The summed E-state index contributed by atoms with van der Waals surface area (Å²) in [6.45, 7) is 12.8. The molecule has 3 saturated heterocycles. The monoisotopic (exact) mass is 623 g/mol. The van der Waals surface area contributed by atoms with Crippen LogP contribution in [-0.2, 0) is 4.74 Å². The van der Waals surface area contributed by atoms with Gasteiger partial charge in [0.2, 0.25) is 0 Å². The van der Waals surface area contributed by atoms with Crippen molar-refractivity contribution in [1.29, 1.82) is 0 Å². The van der Waals surface area contributed by atoms with Crippen molar-refractivity contribution in [2.75, 3.05) is 57.9 Å². The van der Waals surface area contributed by atoms with Crippen LogP contribution >= 0.6 is 27.5 Å². The van der Waals surface area contributed by atoms with Gasteiger partial charge >= 0.3 is 12.1 Å². The lowest BCUT2D eigenvalue weighted by Gasteiger charge is -2.53. The third-order valence-corrected chi connectivity index (χ3v) is 9.31. The van der Waals surface area contributed by atoms with Gasteiger partial charge in [-0.3, -0.25) is 0 Å². The van der Waals surface area contributed by atoms with E-state index in [0.717, 1.165) is 63.2 Å². The molecule has 214 valence electrons. The number of amides is 1. The van der Waals surface area contributed by atoms with Crippen LogP contribution in [0, 0.1) is 5.41 Å². The quantitative estimate of drug-likeness (QED) is 0.402. The average molecular weight is 625 g/mol. The highest BCUT2D eigenvalue weighted by molar-refractivity contribution is 9.10. The minimum Gasteiger partial charge on any atom is -0.490 e. The Morgan fingerprint density at radius 1 is 1.18 bits per heavy atom. The summed E-state index contributed by atoms with van der Waals surface area (Å²) in [5.41, 5.74) is 0.327. The van der Waals surface area contributed by atoms with Gasteiger partial charge in [-0.1, -0.05) is 11.6 Å². The van der Waals surface area contributed by atoms with Crippen LogP contribution in [0.3, 0.4) is 0 Å². The first kappa shape index (κ1) is 28.5. The molecule has 2 aromatic rings. The first-order chi connectivity index (χ1) is 18.5. The zero-order chi connectivity index (χ0) is 27.9. The summed E-state index contributed by atoms with van der Waals surface area (Å²) in [7, 11) is 2.13. The van der Waals surface area contributed by atoms with Crippen LogP contribution in [0.1, 0.15) is 53.4 Å². The number of likely N-dealkylation sites (tertiary alicyclic amines) is 2. The van der Waals surface area contributed by atoms with E-state index in [0.29, 0.717) is 46.0 Å². The molecule has 3 aliphatic heterocycles. The summed E-state index contributed by atoms with van der Waals surface area (Å²) < 4.78 is 18.4. The van der Waals surface area contributed by atoms with Crippen molar-refractivity contribution in [3.05, 3.63) is 15.6 Å². The highest BCUT2D eigenvalue weighted by Crippen LogP contribution is 2.45. The number of benzene rings is 1. The summed E-state index contributed by atoms with van der Waals surface area (Å²) >= 11 is 10.2. The van der Waals surface area contributed by atoms with Gasteiger partial charge in [0.05, 0.1) is 16.1 Å². The third-order valence-electron chi connectivity index (χ3n) is 7.99. The van der Waals surface area contributed by atoms with Crippen molar-refractivity contribution >= 4 is 50.3 Å². The van der Waals surface area contributed by atoms with Crippen molar-refractivity contribution in [1.82, 2.24) is 19.8 Å². The molecular formula is C28H39BrClN5O4. The number of hydrogen-bond acceptors (Lipinski definition) is 8. The second-order valence-corrected chi connectivity index (χ2v) is 13.3. The lowest BCUT2D eigenvalue weighted by Crippen LogP contribution is -2.62. The number of nitrogens with zero attached hydrogens (tertiary/aromatic N) is 5. The van der Waals surface area contributed by atoms with Crippen LogP contribution < -0.4 is 14.4 Å². The fourth-order valence-corrected chi connectivity index (χ4v) is 6.43. The van der Waals surface area contributed by atoms with E-state index in [2.05, 4.69) is 32.8 Å². The normalized spacial score (nSPS) is 21.4. The number of aromatic nitrogens is 2. The molecule has 1 amide bonds. The lowest BCUT2D eigenvalue weighted by atomic mass is 9.72. The Hall–Kier alpha value is -2.04. The Morgan fingerprint density at radius 2 is 1.90 bits per heavy atom. The van der Waals surface area contributed by atoms with E-state index >= 15 is 0 Å². The standard InChI is InChI=1S/C28H39BrClN5O4/c1-6-37-23-21(29)20(30)14-19-22(23)31-25(38-15-18-8-7-11-33(18)5)32-24(19)34-12-9-28(10-13-34)16-35(17-28)26(36)39-27(2,3)4/h14,18H,6-13,15-17H2,1-5H3/t18-/m0/s1. The molecule has 1 aromatic heterocycles. The van der Waals surface area contributed by atoms with Gasteiger partial charge in [0.1, 0.15) is 23.5 Å². The van der Waals surface area contributed by atoms with E-state index in [1.165, 1.54) is 6.42 Å². The van der Waals surface area contributed by atoms with Crippen LogP contribution in [0.5, 0.6) is 11.8 Å². The summed E-state index contributed by atoms with van der Waals surface area (Å²) in [6, 6.07) is 2.62. The largest absolute Gasteiger partial charge is 0.490 e. The van der Waals surface area contributed by atoms with E-state index in [1.54, 1.807) is 0 Å². The average Bonchev–Trinajstić information content (AvgIpc) is 3.27. The van der Waals surface area contributed by atoms with Crippen molar-refractivity contribution in [3.8, 4) is 11.8 Å². The Kier molecular flexibility index (Phi) is 8.10. The summed E-state index contributed by atoms with van der Waals surface area (Å²) in [5.74, 6) is 1.41. The number of likely N-dealkylation sites (N-methyl/N-ethyl adjacent to an activating group) is 1. The molecule has 0 aliphatic carbocycles. The molecule has 0 N–H and O–H groups in total. The Balaban J connectivity index is 1.38. The third kappa shape index (κ3) is 6.03. The van der Waals surface area contributed by atoms with Gasteiger partial charge in [-0.2, -0.15) is 9.97 Å². The van der Waals surface area contributed by atoms with Gasteiger partial charge < -0.3 is 28.9 Å². The molecular weight excluding hydrogens is 586 g/mol. The number of hydrogen-bond donors (Lipinski definition) is 0. The molecule has 9 nitrogen and oxygen atoms in total. The van der Waals surface area contributed by atoms with Crippen LogP contribution in [-0.4, -0.2) is 90.5 Å². The predicted octanol–water partition coefficient (Wildman–Crippen LogP) is 5.75. The number of fused-ring (bicyclic) bond motifs is 1. The van der Waals surface area contributed by atoms with Crippen LogP contribution in [0.15, 0.2) is 10.5 Å². The second kappa shape index (κ2) is 11.1. The number of piperidine rings is 1. The SMILES string of the molecule is CCOc1c(Br)c(Cl)cc2c(N3CCC4(CC3)CN(C(=O)OC(C)(C)C)C4)nc(OC[C@@H]3CCCN3C)nc12. The maximum absolute atomic E-state index is 12.5. The van der Waals surface area contributed by atoms with Gasteiger partial charge in [0.25, 0.3) is 0 Å². The van der Waals surface area contributed by atoms with Crippen LogP contribution in [0.2, 0.25) is 5.02 Å². The number of halogens is 2. The first-order valence-corrected chi connectivity index (χ1v) is 15.0. The highest BCUT2D eigenvalue weighted by atomic mass is 79.9. The molecule has 1 aromatic carbocycles. The molecule has 5 rings (SSSR count). The number of ether oxygens (including phenoxy) is 3. The van der Waals surface area contributed by atoms with Crippen molar-refractivity contribution in [3.63, 3.8) is 0 Å². The van der Waals surface area contributed by atoms with E-state index < -0.39 is 5.60 Å². The molecule has 3 fully saturated rings. The summed E-state index contributed by atoms with van der Waals surface area (Å²) in [5, 5.41) is 1.40. The topological polar surface area (TPSA) is 80.3 Å². The summed E-state index contributed by atoms with van der Waals surface area (Å²) in [6.07, 6.45) is 3.98. The molecule has 4 heterocycles. The van der Waals surface area contributed by atoms with Crippen molar-refractivity contribution in [2.24, 2.45) is 5.41 Å². The van der Waals surface area contributed by atoms with Crippen molar-refractivity contribution in [2.45, 2.75) is 65.0 Å². The smallest absolute Gasteiger partial charge is 0.410 e. The maximum Gasteiger partial charge on any atom is 0.410 e. The minimum absolute atomic E-state index is 0.125. The highest BCUT2D eigenvalue weighted by Gasteiger charge is 2.48. The van der Waals surface area contributed by atoms with Crippen LogP contribution in [0.4, 0.5) is 10.6 Å². The number of carbonyl (C=O) groups is 1. The lowest BCUT2D eigenvalue weighted by molar-refractivity contribution is -0.0434. The van der Waals surface area contributed by atoms with Gasteiger partial charge in [0.15, 0.2) is 5.75 Å². The van der Waals surface area contributed by atoms with Crippen LogP contribution in [0.25, 0.3) is 10.9 Å². The number of carbonyl (C=O) groups excluding carboxylic acids is 1. The molecule has 1 spiro atoms. The maximum atomic E-state index is 12.5. The van der Waals surface area contributed by atoms with E-state index in [1.807, 2.05) is 38.7 Å². The molecule has 0 saturated carbocycles. The van der Waals surface area contributed by atoms with Gasteiger partial charge in [-0.15, -0.1) is 0 Å². The molecule has 0 unspecified atom stereocenters. The molecule has 3 aliphatic rings. The minimum atomic E-state index is -0.485. The predicted molar refractivity (Wildman–Crippen MR) is 156 cm³/mol. The van der Waals surface area contributed by atoms with Crippen molar-refractivity contribution < 1.29 is 19.0 Å². The fraction of sp³-hybridized carbons (Fsp3) is 0.679. The second-order valence-electron chi connectivity index (χ2n) is 12.1. The Bertz CT molecular complexity index is 1220. The molecule has 11 heteroatoms. The fourth-order valence-electron chi connectivity index (χ4n) is 5.82. The molecule has 1 atom stereocenters. The van der Waals surface area contributed by atoms with Gasteiger partial charge in [0, 0.05) is 43.0 Å². The van der Waals surface area contributed by atoms with Gasteiger partial charge in [-0.05, 0) is 89.0 Å². The zero-order valence-electron chi connectivity index (χ0n) is 23.6. The van der Waals surface area contributed by atoms with E-state index in [9.17, 15) is 4.79 Å². The zero-order valence-corrected chi connectivity index (χ0v) is 25.9. The van der Waals surface area contributed by atoms with E-state index in [4.69, 9.17) is 35.8 Å². The molecule has 39 heavy (non-hydrogen) atoms. The van der Waals surface area contributed by atoms with Gasteiger partial charge in [-0.25, -0.2) is 4.79 Å². The first-order valence-electron chi connectivity index (χ1n) is 13.9. The molecule has 0 bridgehead atoms. The number of rotatable bonds is 6. The number of anilines is 1. The Labute approximate surface area is 244 Å². The summed E-state index contributed by atoms with van der Waals surface area (Å²) in [4.78, 5) is 28.6. The molecule has 0 radical (unpaired) electrons.